The number of carbonyl (C=O) groups is 2. The zero-order valence-corrected chi connectivity index (χ0v) is 19.5. The molecule has 5 aliphatic carbocycles. The van der Waals surface area contributed by atoms with E-state index in [1.54, 1.807) is 5.57 Å². The van der Waals surface area contributed by atoms with Gasteiger partial charge in [-0.3, -0.25) is 9.59 Å². The maximum absolute atomic E-state index is 13.2. The fraction of sp³-hybridized carbons (Fsp3) is 0.852. The molecular weight excluding hydrogens is 372 g/mol. The van der Waals surface area contributed by atoms with Gasteiger partial charge in [0.1, 0.15) is 11.9 Å². The Morgan fingerprint density at radius 2 is 1.80 bits per heavy atom. The average molecular weight is 413 g/mol. The summed E-state index contributed by atoms with van der Waals surface area (Å²) in [7, 11) is 0. The Morgan fingerprint density at radius 3 is 2.53 bits per heavy atom. The van der Waals surface area contributed by atoms with Crippen LogP contribution in [0, 0.1) is 39.9 Å². The number of ketones is 1. The Balaban J connectivity index is 1.46. The van der Waals surface area contributed by atoms with Crippen LogP contribution in [0.4, 0.5) is 0 Å². The maximum Gasteiger partial charge on any atom is 0.302 e. The molecule has 8 atom stereocenters. The van der Waals surface area contributed by atoms with Crippen LogP contribution >= 0.6 is 0 Å². The van der Waals surface area contributed by atoms with Gasteiger partial charge in [-0.1, -0.05) is 38.3 Å². The van der Waals surface area contributed by atoms with Crippen LogP contribution in [0.1, 0.15) is 98.3 Å². The lowest BCUT2D eigenvalue weighted by atomic mass is 9.44. The second-order valence-corrected chi connectivity index (χ2v) is 11.9. The molecule has 0 heterocycles. The molecule has 0 unspecified atom stereocenters. The molecule has 0 amide bonds. The van der Waals surface area contributed by atoms with Crippen LogP contribution in [0.15, 0.2) is 11.6 Å². The maximum atomic E-state index is 13.2. The van der Waals surface area contributed by atoms with Crippen LogP contribution in [0.3, 0.4) is 0 Å². The molecule has 4 fully saturated rings. The molecule has 0 aromatic rings. The van der Waals surface area contributed by atoms with Crippen molar-refractivity contribution in [1.82, 2.24) is 0 Å². The molecule has 0 radical (unpaired) electrons. The predicted octanol–water partition coefficient (Wildman–Crippen LogP) is 6.26. The average Bonchev–Trinajstić information content (AvgIpc) is 2.98. The van der Waals surface area contributed by atoms with Crippen molar-refractivity contribution >= 4 is 11.8 Å². The molecule has 0 aromatic heterocycles. The number of Topliss-reactive ketones (excluding diaryl/α,β-unsaturated/α-hetero) is 1. The first-order valence-corrected chi connectivity index (χ1v) is 12.6. The predicted molar refractivity (Wildman–Crippen MR) is 118 cm³/mol. The highest BCUT2D eigenvalue weighted by Gasteiger charge is 2.68. The monoisotopic (exact) mass is 412 g/mol. The Hall–Kier alpha value is -1.12. The Bertz CT molecular complexity index is 783. The van der Waals surface area contributed by atoms with Crippen molar-refractivity contribution in [3.8, 4) is 0 Å². The first kappa shape index (κ1) is 20.8. The summed E-state index contributed by atoms with van der Waals surface area (Å²) in [4.78, 5) is 24.7. The van der Waals surface area contributed by atoms with E-state index in [9.17, 15) is 9.59 Å². The highest BCUT2D eigenvalue weighted by atomic mass is 16.5. The number of esters is 1. The number of rotatable bonds is 2. The summed E-state index contributed by atoms with van der Waals surface area (Å²) in [5.74, 6) is 3.13. The van der Waals surface area contributed by atoms with Crippen molar-refractivity contribution in [1.29, 1.82) is 0 Å². The summed E-state index contributed by atoms with van der Waals surface area (Å²) in [5.41, 5.74) is 1.97. The number of hydrogen-bond donors (Lipinski definition) is 0. The summed E-state index contributed by atoms with van der Waals surface area (Å²) in [6.07, 6.45) is 15.6. The first-order valence-electron chi connectivity index (χ1n) is 12.6. The van der Waals surface area contributed by atoms with Gasteiger partial charge in [-0.25, -0.2) is 0 Å². The Labute approximate surface area is 182 Å². The Morgan fingerprint density at radius 1 is 1.00 bits per heavy atom. The topological polar surface area (TPSA) is 43.4 Å². The molecule has 5 aliphatic rings. The molecule has 0 saturated heterocycles. The van der Waals surface area contributed by atoms with E-state index < -0.39 is 0 Å². The highest BCUT2D eigenvalue weighted by molar-refractivity contribution is 5.84. The van der Waals surface area contributed by atoms with Crippen molar-refractivity contribution in [2.45, 2.75) is 104 Å². The smallest absolute Gasteiger partial charge is 0.302 e. The van der Waals surface area contributed by atoms with E-state index >= 15 is 0 Å². The number of ether oxygens (including phenoxy) is 1. The van der Waals surface area contributed by atoms with Gasteiger partial charge >= 0.3 is 5.97 Å². The van der Waals surface area contributed by atoms with E-state index in [0.717, 1.165) is 37.5 Å². The molecule has 4 saturated carbocycles. The van der Waals surface area contributed by atoms with Crippen molar-refractivity contribution in [2.75, 3.05) is 0 Å². The van der Waals surface area contributed by atoms with Crippen LogP contribution in [0.2, 0.25) is 0 Å². The van der Waals surface area contributed by atoms with E-state index in [4.69, 9.17) is 4.74 Å². The standard InChI is InChI=1S/C27H40O3/c1-17(28)27-12-6-5-7-20(27)16-24-22-9-8-19-15-21(30-18(2)29)10-13-25(19,3)23(22)11-14-26(24,27)4/h8,20-24H,5-7,9-16H2,1-4H3/t20-,21-,22-,23+,24-,25-,26-,27-/m0/s1. The van der Waals surface area contributed by atoms with Gasteiger partial charge in [0.2, 0.25) is 0 Å². The number of fused-ring (bicyclic) bond motifs is 7. The number of carbonyl (C=O) groups excluding carboxylic acids is 2. The normalized spacial score (nSPS) is 49.7. The summed E-state index contributed by atoms with van der Waals surface area (Å²) in [6.45, 7) is 8.46. The van der Waals surface area contributed by atoms with Crippen molar-refractivity contribution < 1.29 is 14.3 Å². The Kier molecular flexibility index (Phi) is 4.80. The molecule has 0 bridgehead atoms. The summed E-state index contributed by atoms with van der Waals surface area (Å²) in [6, 6.07) is 0. The fourth-order valence-electron chi connectivity index (χ4n) is 9.76. The van der Waals surface area contributed by atoms with Crippen LogP contribution in [-0.4, -0.2) is 17.9 Å². The van der Waals surface area contributed by atoms with Gasteiger partial charge in [0.15, 0.2) is 0 Å². The summed E-state index contributed by atoms with van der Waals surface area (Å²) < 4.78 is 5.59. The second kappa shape index (κ2) is 6.94. The number of hydrogen-bond acceptors (Lipinski definition) is 3. The molecule has 0 aromatic carbocycles. The van der Waals surface area contributed by atoms with Gasteiger partial charge in [-0.15, -0.1) is 0 Å². The molecule has 30 heavy (non-hydrogen) atoms. The summed E-state index contributed by atoms with van der Waals surface area (Å²) in [5, 5.41) is 0. The van der Waals surface area contributed by atoms with Crippen LogP contribution < -0.4 is 0 Å². The van der Waals surface area contributed by atoms with Gasteiger partial charge in [0.05, 0.1) is 0 Å². The minimum absolute atomic E-state index is 0.0429. The van der Waals surface area contributed by atoms with E-state index in [0.29, 0.717) is 17.6 Å². The minimum atomic E-state index is -0.144. The lowest BCUT2D eigenvalue weighted by molar-refractivity contribution is -0.151. The van der Waals surface area contributed by atoms with Crippen molar-refractivity contribution in [2.24, 2.45) is 39.9 Å². The molecule has 3 heteroatoms. The largest absolute Gasteiger partial charge is 0.462 e. The third-order valence-corrected chi connectivity index (χ3v) is 11.0. The molecule has 0 aliphatic heterocycles. The zero-order chi connectivity index (χ0) is 21.3. The minimum Gasteiger partial charge on any atom is -0.462 e. The lowest BCUT2D eigenvalue weighted by Crippen LogP contribution is -2.55. The quantitative estimate of drug-likeness (QED) is 0.397. The molecule has 0 spiro atoms. The molecule has 5 rings (SSSR count). The van der Waals surface area contributed by atoms with Crippen LogP contribution in [0.25, 0.3) is 0 Å². The molecular formula is C27H40O3. The van der Waals surface area contributed by atoms with Crippen molar-refractivity contribution in [3.63, 3.8) is 0 Å². The summed E-state index contributed by atoms with van der Waals surface area (Å²) >= 11 is 0. The first-order chi connectivity index (χ1) is 14.2. The molecule has 3 nitrogen and oxygen atoms in total. The van der Waals surface area contributed by atoms with E-state index in [1.165, 1.54) is 51.9 Å². The SMILES string of the molecule is CC(=O)O[C@H]1CC[C@@]2(C)C(=CC[C@H]3[C@H]2CC[C@@]2(C)[C@H]3C[C@@H]3CCCC[C@]32C(C)=O)C1. The van der Waals surface area contributed by atoms with Gasteiger partial charge in [-0.2, -0.15) is 0 Å². The van der Waals surface area contributed by atoms with E-state index in [1.807, 2.05) is 6.92 Å². The second-order valence-electron chi connectivity index (χ2n) is 11.9. The van der Waals surface area contributed by atoms with Gasteiger partial charge < -0.3 is 4.74 Å². The fourth-order valence-corrected chi connectivity index (χ4v) is 9.76. The van der Waals surface area contributed by atoms with Gasteiger partial charge in [0.25, 0.3) is 0 Å². The van der Waals surface area contributed by atoms with Gasteiger partial charge in [0, 0.05) is 18.8 Å². The number of allylic oxidation sites excluding steroid dienone is 1. The van der Waals surface area contributed by atoms with Gasteiger partial charge in [-0.05, 0) is 92.8 Å². The lowest BCUT2D eigenvalue weighted by Gasteiger charge is -2.60. The van der Waals surface area contributed by atoms with Crippen LogP contribution in [-0.2, 0) is 14.3 Å². The van der Waals surface area contributed by atoms with E-state index in [-0.39, 0.29) is 28.3 Å². The van der Waals surface area contributed by atoms with Crippen LogP contribution in [0.5, 0.6) is 0 Å². The third kappa shape index (κ3) is 2.62. The van der Waals surface area contributed by atoms with Crippen molar-refractivity contribution in [3.05, 3.63) is 11.6 Å². The molecule has 0 N–H and O–H groups in total. The zero-order valence-electron chi connectivity index (χ0n) is 19.5. The molecule has 166 valence electrons. The third-order valence-electron chi connectivity index (χ3n) is 11.0. The highest BCUT2D eigenvalue weighted by Crippen LogP contribution is 2.73. The van der Waals surface area contributed by atoms with E-state index in [2.05, 4.69) is 19.9 Å².